The van der Waals surface area contributed by atoms with Crippen LogP contribution in [-0.2, 0) is 6.42 Å². The molecule has 1 atom stereocenters. The Balaban J connectivity index is 2.26. The van der Waals surface area contributed by atoms with Gasteiger partial charge in [0.25, 0.3) is 5.56 Å². The number of rotatable bonds is 0. The van der Waals surface area contributed by atoms with Crippen LogP contribution in [-0.4, -0.2) is 8.97 Å². The number of benzene rings is 2. The third kappa shape index (κ3) is 1.41. The third-order valence-corrected chi connectivity index (χ3v) is 4.91. The van der Waals surface area contributed by atoms with Crippen LogP contribution in [0.2, 0.25) is 0 Å². The molecule has 0 aliphatic carbocycles. The van der Waals surface area contributed by atoms with E-state index in [0.717, 1.165) is 16.7 Å². The van der Waals surface area contributed by atoms with Gasteiger partial charge in [-0.05, 0) is 31.2 Å². The summed E-state index contributed by atoms with van der Waals surface area (Å²) in [6.45, 7) is 2.10. The van der Waals surface area contributed by atoms with E-state index in [0.29, 0.717) is 22.7 Å². The Hall–Kier alpha value is -2.88. The van der Waals surface area contributed by atoms with Gasteiger partial charge in [-0.25, -0.2) is 0 Å². The topological polar surface area (TPSA) is 43.5 Å². The second-order valence-electron chi connectivity index (χ2n) is 6.23. The van der Waals surface area contributed by atoms with Crippen LogP contribution in [0.4, 0.5) is 0 Å². The first-order chi connectivity index (χ1) is 11.2. The number of para-hydroxylation sites is 2. The lowest BCUT2D eigenvalue weighted by molar-refractivity contribution is 0.606. The summed E-state index contributed by atoms with van der Waals surface area (Å²) in [4.78, 5) is 26.0. The number of hydrogen-bond donors (Lipinski definition) is 0. The first kappa shape index (κ1) is 12.6. The summed E-state index contributed by atoms with van der Waals surface area (Å²) in [6, 6.07) is 15.2. The van der Waals surface area contributed by atoms with Gasteiger partial charge in [-0.3, -0.25) is 14.0 Å². The van der Waals surface area contributed by atoms with Crippen LogP contribution in [0.5, 0.6) is 0 Å². The van der Waals surface area contributed by atoms with Crippen LogP contribution in [0.3, 0.4) is 0 Å². The smallest absolute Gasteiger partial charge is 0.266 e. The molecule has 5 rings (SSSR count). The Morgan fingerprint density at radius 1 is 0.913 bits per heavy atom. The second kappa shape index (κ2) is 4.10. The molecule has 3 heterocycles. The van der Waals surface area contributed by atoms with Crippen molar-refractivity contribution in [3.8, 4) is 0 Å². The summed E-state index contributed by atoms with van der Waals surface area (Å²) in [6.07, 6.45) is 0.667. The van der Waals surface area contributed by atoms with Crippen LogP contribution in [0.15, 0.2) is 58.1 Å². The van der Waals surface area contributed by atoms with Gasteiger partial charge in [-0.1, -0.05) is 24.3 Å². The van der Waals surface area contributed by atoms with E-state index >= 15 is 0 Å². The predicted octanol–water partition coefficient (Wildman–Crippen LogP) is 2.88. The fourth-order valence-electron chi connectivity index (χ4n) is 3.95. The van der Waals surface area contributed by atoms with Crippen molar-refractivity contribution in [2.24, 2.45) is 0 Å². The van der Waals surface area contributed by atoms with Crippen molar-refractivity contribution in [2.75, 3.05) is 0 Å². The van der Waals surface area contributed by atoms with E-state index in [1.165, 1.54) is 0 Å². The molecule has 4 nitrogen and oxygen atoms in total. The highest BCUT2D eigenvalue weighted by molar-refractivity contribution is 5.89. The molecule has 4 heteroatoms. The quantitative estimate of drug-likeness (QED) is 0.370. The summed E-state index contributed by atoms with van der Waals surface area (Å²) in [5.41, 5.74) is 3.09. The van der Waals surface area contributed by atoms with Gasteiger partial charge in [0.2, 0.25) is 0 Å². The van der Waals surface area contributed by atoms with Crippen LogP contribution >= 0.6 is 0 Å². The standard InChI is InChI=1S/C19H14N2O2/c1-11-10-14-17(22)12-6-2-4-8-15(12)21-18(14)20(11)16-9-5-3-7-13(16)19(21)23/h2-9,11H,10H2,1H3/t11-/m1/s1. The zero-order chi connectivity index (χ0) is 15.7. The van der Waals surface area contributed by atoms with Gasteiger partial charge < -0.3 is 4.57 Å². The Labute approximate surface area is 131 Å². The second-order valence-corrected chi connectivity index (χ2v) is 6.23. The zero-order valence-electron chi connectivity index (χ0n) is 12.6. The molecule has 0 bridgehead atoms. The molecular formula is C19H14N2O2. The van der Waals surface area contributed by atoms with Gasteiger partial charge in [0.15, 0.2) is 5.43 Å². The molecule has 2 aromatic heterocycles. The van der Waals surface area contributed by atoms with Gasteiger partial charge in [0.05, 0.1) is 16.4 Å². The monoisotopic (exact) mass is 302 g/mol. The van der Waals surface area contributed by atoms with E-state index in [1.807, 2.05) is 48.5 Å². The molecule has 0 amide bonds. The van der Waals surface area contributed by atoms with Crippen molar-refractivity contribution >= 4 is 27.5 Å². The van der Waals surface area contributed by atoms with Gasteiger partial charge in [0, 0.05) is 23.4 Å². The highest BCUT2D eigenvalue weighted by Gasteiger charge is 2.27. The minimum Gasteiger partial charge on any atom is -0.323 e. The van der Waals surface area contributed by atoms with Gasteiger partial charge in [-0.2, -0.15) is 0 Å². The zero-order valence-corrected chi connectivity index (χ0v) is 12.6. The molecule has 0 radical (unpaired) electrons. The summed E-state index contributed by atoms with van der Waals surface area (Å²) >= 11 is 0. The maximum atomic E-state index is 13.1. The average Bonchev–Trinajstić information content (AvgIpc) is 2.92. The number of fused-ring (bicyclic) bond motifs is 4. The maximum Gasteiger partial charge on any atom is 0.266 e. The summed E-state index contributed by atoms with van der Waals surface area (Å²) in [5, 5.41) is 1.31. The average molecular weight is 302 g/mol. The van der Waals surface area contributed by atoms with Crippen LogP contribution in [0.25, 0.3) is 27.5 Å². The van der Waals surface area contributed by atoms with Crippen molar-refractivity contribution in [3.05, 3.63) is 74.7 Å². The van der Waals surface area contributed by atoms with Crippen molar-refractivity contribution in [1.29, 1.82) is 0 Å². The molecule has 4 aromatic rings. The largest absolute Gasteiger partial charge is 0.323 e. The van der Waals surface area contributed by atoms with Crippen LogP contribution in [0.1, 0.15) is 18.5 Å². The van der Waals surface area contributed by atoms with E-state index in [2.05, 4.69) is 11.5 Å². The van der Waals surface area contributed by atoms with Crippen molar-refractivity contribution < 1.29 is 0 Å². The van der Waals surface area contributed by atoms with Gasteiger partial charge in [-0.15, -0.1) is 0 Å². The van der Waals surface area contributed by atoms with E-state index in [1.54, 1.807) is 4.40 Å². The normalized spacial score (nSPS) is 16.7. The van der Waals surface area contributed by atoms with Crippen molar-refractivity contribution in [1.82, 2.24) is 8.97 Å². The SMILES string of the molecule is C[C@@H]1Cc2c(=O)c3ccccc3n3c(=O)c4ccccc4n1c23. The fourth-order valence-corrected chi connectivity index (χ4v) is 3.95. The first-order valence-corrected chi connectivity index (χ1v) is 7.78. The molecule has 1 aliphatic rings. The molecule has 0 unspecified atom stereocenters. The third-order valence-electron chi connectivity index (χ3n) is 4.91. The Morgan fingerprint density at radius 3 is 2.35 bits per heavy atom. The number of hydrogen-bond acceptors (Lipinski definition) is 2. The van der Waals surface area contributed by atoms with Gasteiger partial charge >= 0.3 is 0 Å². The molecule has 23 heavy (non-hydrogen) atoms. The lowest BCUT2D eigenvalue weighted by atomic mass is 10.1. The van der Waals surface area contributed by atoms with E-state index in [-0.39, 0.29) is 17.0 Å². The van der Waals surface area contributed by atoms with Gasteiger partial charge in [0.1, 0.15) is 5.65 Å². The van der Waals surface area contributed by atoms with E-state index < -0.39 is 0 Å². The molecule has 0 spiro atoms. The number of nitrogens with zero attached hydrogens (tertiary/aromatic N) is 2. The number of aromatic nitrogens is 2. The molecule has 0 saturated heterocycles. The Morgan fingerprint density at radius 2 is 1.57 bits per heavy atom. The van der Waals surface area contributed by atoms with E-state index in [9.17, 15) is 9.59 Å². The summed E-state index contributed by atoms with van der Waals surface area (Å²) < 4.78 is 3.86. The highest BCUT2D eigenvalue weighted by atomic mass is 16.1. The molecule has 2 aromatic carbocycles. The first-order valence-electron chi connectivity index (χ1n) is 7.78. The summed E-state index contributed by atoms with van der Waals surface area (Å²) in [5.74, 6) is 0. The highest BCUT2D eigenvalue weighted by Crippen LogP contribution is 2.31. The Bertz CT molecular complexity index is 1250. The lowest BCUT2D eigenvalue weighted by Gasteiger charge is -2.15. The fraction of sp³-hybridized carbons (Fsp3) is 0.158. The number of pyridine rings is 1. The lowest BCUT2D eigenvalue weighted by Crippen LogP contribution is -2.22. The van der Waals surface area contributed by atoms with Crippen molar-refractivity contribution in [3.63, 3.8) is 0 Å². The molecule has 0 fully saturated rings. The molecule has 0 saturated carbocycles. The Kier molecular flexibility index (Phi) is 2.25. The summed E-state index contributed by atoms with van der Waals surface area (Å²) in [7, 11) is 0. The molecule has 112 valence electrons. The minimum atomic E-state index is -0.0570. The van der Waals surface area contributed by atoms with Crippen molar-refractivity contribution in [2.45, 2.75) is 19.4 Å². The maximum absolute atomic E-state index is 13.1. The molecule has 0 N–H and O–H groups in total. The van der Waals surface area contributed by atoms with Crippen LogP contribution < -0.4 is 11.0 Å². The molecular weight excluding hydrogens is 288 g/mol. The molecule has 1 aliphatic heterocycles. The predicted molar refractivity (Wildman–Crippen MR) is 91.4 cm³/mol. The van der Waals surface area contributed by atoms with Crippen LogP contribution in [0, 0.1) is 0 Å². The minimum absolute atomic E-state index is 0.0494. The van der Waals surface area contributed by atoms with E-state index in [4.69, 9.17) is 0 Å².